The number of fused-ring (bicyclic) bond motifs is 2. The third kappa shape index (κ3) is 1.76. The molecule has 1 saturated heterocycles. The van der Waals surface area contributed by atoms with Crippen molar-refractivity contribution >= 4 is 21.7 Å². The van der Waals surface area contributed by atoms with E-state index in [1.807, 2.05) is 0 Å². The minimum Gasteiger partial charge on any atom is -0.381 e. The van der Waals surface area contributed by atoms with E-state index in [-0.39, 0.29) is 5.41 Å². The van der Waals surface area contributed by atoms with Gasteiger partial charge in [0, 0.05) is 24.1 Å². The Bertz CT molecular complexity index is 461. The second-order valence-electron chi connectivity index (χ2n) is 4.92. The van der Waals surface area contributed by atoms with Gasteiger partial charge in [0.15, 0.2) is 0 Å². The zero-order chi connectivity index (χ0) is 11.9. The van der Waals surface area contributed by atoms with Crippen LogP contribution in [0.4, 0.5) is 0 Å². The summed E-state index contributed by atoms with van der Waals surface area (Å²) in [6.07, 6.45) is 3.27. The lowest BCUT2D eigenvalue weighted by molar-refractivity contribution is -0.129. The number of carbonyl (C=O) groups excluding carboxylic acids is 1. The number of aryl methyl sites for hydroxylation is 1. The van der Waals surface area contributed by atoms with E-state index in [1.165, 1.54) is 11.1 Å². The minimum absolute atomic E-state index is 0.254. The Morgan fingerprint density at radius 1 is 1.18 bits per heavy atom. The van der Waals surface area contributed by atoms with Crippen molar-refractivity contribution in [3.05, 3.63) is 33.8 Å². The van der Waals surface area contributed by atoms with Crippen LogP contribution in [0.25, 0.3) is 0 Å². The quantitative estimate of drug-likeness (QED) is 0.735. The fraction of sp³-hybridized carbons (Fsp3) is 0.500. The van der Waals surface area contributed by atoms with Crippen molar-refractivity contribution in [3.63, 3.8) is 0 Å². The van der Waals surface area contributed by atoms with Gasteiger partial charge in [-0.1, -0.05) is 22.0 Å². The molecule has 1 spiro atoms. The van der Waals surface area contributed by atoms with E-state index in [0.29, 0.717) is 25.4 Å². The Morgan fingerprint density at radius 2 is 1.94 bits per heavy atom. The van der Waals surface area contributed by atoms with E-state index in [9.17, 15) is 4.79 Å². The van der Waals surface area contributed by atoms with Crippen molar-refractivity contribution in [2.75, 3.05) is 13.2 Å². The fourth-order valence-electron chi connectivity index (χ4n) is 3.12. The number of benzene rings is 1. The highest BCUT2D eigenvalue weighted by Crippen LogP contribution is 2.43. The molecule has 1 aromatic rings. The average molecular weight is 295 g/mol. The lowest BCUT2D eigenvalue weighted by Gasteiger charge is -2.40. The predicted octanol–water partition coefficient (Wildman–Crippen LogP) is 3.01. The highest BCUT2D eigenvalue weighted by Gasteiger charge is 2.44. The van der Waals surface area contributed by atoms with E-state index >= 15 is 0 Å². The molecule has 0 radical (unpaired) electrons. The molecular formula is C14H15BrO2. The van der Waals surface area contributed by atoms with Crippen LogP contribution in [0.1, 0.15) is 30.4 Å². The molecule has 0 aromatic heterocycles. The Morgan fingerprint density at radius 3 is 2.71 bits per heavy atom. The molecule has 3 heteroatoms. The smallest absolute Gasteiger partial charge is 0.143 e. The molecular weight excluding hydrogens is 280 g/mol. The largest absolute Gasteiger partial charge is 0.381 e. The molecule has 3 rings (SSSR count). The van der Waals surface area contributed by atoms with Gasteiger partial charge < -0.3 is 4.74 Å². The number of ether oxygens (including phenoxy) is 1. The first-order valence-electron chi connectivity index (χ1n) is 6.12. The van der Waals surface area contributed by atoms with E-state index in [4.69, 9.17) is 4.74 Å². The van der Waals surface area contributed by atoms with Gasteiger partial charge in [0.05, 0.1) is 5.41 Å². The van der Waals surface area contributed by atoms with E-state index < -0.39 is 0 Å². The molecule has 0 atom stereocenters. The maximum Gasteiger partial charge on any atom is 0.143 e. The fourth-order valence-corrected chi connectivity index (χ4v) is 3.48. The Kier molecular flexibility index (Phi) is 2.83. The third-order valence-electron chi connectivity index (χ3n) is 4.09. The van der Waals surface area contributed by atoms with Crippen LogP contribution in [-0.4, -0.2) is 19.0 Å². The van der Waals surface area contributed by atoms with Crippen molar-refractivity contribution in [2.45, 2.75) is 31.1 Å². The second-order valence-corrected chi connectivity index (χ2v) is 5.83. The van der Waals surface area contributed by atoms with Crippen LogP contribution in [0.2, 0.25) is 0 Å². The van der Waals surface area contributed by atoms with Gasteiger partial charge in [0.25, 0.3) is 0 Å². The third-order valence-corrected chi connectivity index (χ3v) is 4.58. The molecule has 2 aliphatic rings. The van der Waals surface area contributed by atoms with Crippen molar-refractivity contribution < 1.29 is 9.53 Å². The molecule has 1 aliphatic heterocycles. The topological polar surface area (TPSA) is 26.3 Å². The molecule has 1 aromatic carbocycles. The van der Waals surface area contributed by atoms with E-state index in [1.54, 1.807) is 0 Å². The van der Waals surface area contributed by atoms with Crippen LogP contribution in [0.15, 0.2) is 22.7 Å². The summed E-state index contributed by atoms with van der Waals surface area (Å²) >= 11 is 3.52. The number of rotatable bonds is 0. The maximum absolute atomic E-state index is 12.4. The Labute approximate surface area is 109 Å². The van der Waals surface area contributed by atoms with Crippen LogP contribution < -0.4 is 0 Å². The number of hydrogen-bond donors (Lipinski definition) is 0. The molecule has 0 saturated carbocycles. The number of ketones is 1. The molecule has 1 heterocycles. The molecule has 90 valence electrons. The van der Waals surface area contributed by atoms with Crippen LogP contribution in [0.5, 0.6) is 0 Å². The standard InChI is InChI=1S/C14H15BrO2/c15-11-3-1-10-2-4-13(16)14(12(10)9-11)5-7-17-8-6-14/h1,3,9H,2,4-8H2. The summed E-state index contributed by atoms with van der Waals surface area (Å²) in [5.74, 6) is 0.409. The molecule has 17 heavy (non-hydrogen) atoms. The van der Waals surface area contributed by atoms with Gasteiger partial charge >= 0.3 is 0 Å². The summed E-state index contributed by atoms with van der Waals surface area (Å²) < 4.78 is 6.49. The first kappa shape index (κ1) is 11.4. The number of Topliss-reactive ketones (excluding diaryl/α,β-unsaturated/α-hetero) is 1. The van der Waals surface area contributed by atoms with Gasteiger partial charge in [-0.05, 0) is 42.5 Å². The van der Waals surface area contributed by atoms with Gasteiger partial charge in [-0.3, -0.25) is 4.79 Å². The van der Waals surface area contributed by atoms with E-state index in [0.717, 1.165) is 23.7 Å². The lowest BCUT2D eigenvalue weighted by Crippen LogP contribution is -2.44. The predicted molar refractivity (Wildman–Crippen MR) is 69.2 cm³/mol. The number of hydrogen-bond acceptors (Lipinski definition) is 2. The Hall–Kier alpha value is -0.670. The van der Waals surface area contributed by atoms with Crippen LogP contribution >= 0.6 is 15.9 Å². The molecule has 0 unspecified atom stereocenters. The van der Waals surface area contributed by atoms with Crippen LogP contribution in [0.3, 0.4) is 0 Å². The average Bonchev–Trinajstić information content (AvgIpc) is 2.36. The lowest BCUT2D eigenvalue weighted by atomic mass is 9.65. The highest BCUT2D eigenvalue weighted by molar-refractivity contribution is 9.10. The first-order valence-corrected chi connectivity index (χ1v) is 6.92. The van der Waals surface area contributed by atoms with Crippen molar-refractivity contribution in [2.24, 2.45) is 0 Å². The van der Waals surface area contributed by atoms with Crippen LogP contribution in [0, 0.1) is 0 Å². The molecule has 0 bridgehead atoms. The molecule has 1 fully saturated rings. The minimum atomic E-state index is -0.254. The van der Waals surface area contributed by atoms with Gasteiger partial charge in [-0.15, -0.1) is 0 Å². The van der Waals surface area contributed by atoms with Gasteiger partial charge in [-0.25, -0.2) is 0 Å². The molecule has 0 amide bonds. The van der Waals surface area contributed by atoms with Crippen molar-refractivity contribution in [3.8, 4) is 0 Å². The SMILES string of the molecule is O=C1CCc2ccc(Br)cc2C12CCOCC2. The summed E-state index contributed by atoms with van der Waals surface area (Å²) in [5, 5.41) is 0. The van der Waals surface area contributed by atoms with E-state index in [2.05, 4.69) is 34.1 Å². The van der Waals surface area contributed by atoms with Crippen molar-refractivity contribution in [1.29, 1.82) is 0 Å². The zero-order valence-electron chi connectivity index (χ0n) is 9.67. The normalized spacial score (nSPS) is 22.5. The molecule has 0 N–H and O–H groups in total. The van der Waals surface area contributed by atoms with Gasteiger partial charge in [0.2, 0.25) is 0 Å². The summed E-state index contributed by atoms with van der Waals surface area (Å²) in [6, 6.07) is 6.36. The van der Waals surface area contributed by atoms with Crippen molar-refractivity contribution in [1.82, 2.24) is 0 Å². The summed E-state index contributed by atoms with van der Waals surface area (Å²) in [6.45, 7) is 1.41. The maximum atomic E-state index is 12.4. The second kappa shape index (κ2) is 4.21. The van der Waals surface area contributed by atoms with Crippen LogP contribution in [-0.2, 0) is 21.4 Å². The Balaban J connectivity index is 2.14. The number of carbonyl (C=O) groups is 1. The first-order chi connectivity index (χ1) is 8.22. The summed E-state index contributed by atoms with van der Waals surface area (Å²) in [5.41, 5.74) is 2.33. The monoisotopic (exact) mass is 294 g/mol. The van der Waals surface area contributed by atoms with Gasteiger partial charge in [0.1, 0.15) is 5.78 Å². The van der Waals surface area contributed by atoms with Gasteiger partial charge in [-0.2, -0.15) is 0 Å². The molecule has 1 aliphatic carbocycles. The highest BCUT2D eigenvalue weighted by atomic mass is 79.9. The zero-order valence-corrected chi connectivity index (χ0v) is 11.3. The summed E-state index contributed by atoms with van der Waals surface area (Å²) in [7, 11) is 0. The summed E-state index contributed by atoms with van der Waals surface area (Å²) in [4.78, 5) is 12.4. The number of halogens is 1. The molecule has 2 nitrogen and oxygen atoms in total.